The SMILES string of the molecule is NC(=S)c1cc(Br)ccc1OCCCCO. The summed E-state index contributed by atoms with van der Waals surface area (Å²) in [5.41, 5.74) is 6.33. The van der Waals surface area contributed by atoms with Crippen LogP contribution in [0.15, 0.2) is 22.7 Å². The van der Waals surface area contributed by atoms with Gasteiger partial charge in [0, 0.05) is 11.1 Å². The van der Waals surface area contributed by atoms with Crippen LogP contribution in [0.3, 0.4) is 0 Å². The Kier molecular flexibility index (Phi) is 5.73. The summed E-state index contributed by atoms with van der Waals surface area (Å²) >= 11 is 8.30. The fraction of sp³-hybridized carbons (Fsp3) is 0.364. The first-order valence-corrected chi connectivity index (χ1v) is 6.18. The highest BCUT2D eigenvalue weighted by Crippen LogP contribution is 2.23. The van der Waals surface area contributed by atoms with E-state index < -0.39 is 0 Å². The molecule has 16 heavy (non-hydrogen) atoms. The predicted octanol–water partition coefficient (Wildman–Crippen LogP) is 2.23. The van der Waals surface area contributed by atoms with Crippen molar-refractivity contribution in [2.24, 2.45) is 5.73 Å². The second-order valence-electron chi connectivity index (χ2n) is 3.28. The molecule has 88 valence electrons. The first-order valence-electron chi connectivity index (χ1n) is 4.98. The van der Waals surface area contributed by atoms with Gasteiger partial charge in [-0.15, -0.1) is 0 Å². The fourth-order valence-corrected chi connectivity index (χ4v) is 1.74. The summed E-state index contributed by atoms with van der Waals surface area (Å²) in [6.07, 6.45) is 1.54. The minimum Gasteiger partial charge on any atom is -0.493 e. The maximum atomic E-state index is 8.64. The highest BCUT2D eigenvalue weighted by Gasteiger charge is 2.06. The highest BCUT2D eigenvalue weighted by molar-refractivity contribution is 9.10. The Hall–Kier alpha value is -0.650. The van der Waals surface area contributed by atoms with Gasteiger partial charge in [0.25, 0.3) is 0 Å². The van der Waals surface area contributed by atoms with E-state index in [9.17, 15) is 0 Å². The Bertz CT molecular complexity index is 371. The first kappa shape index (κ1) is 13.4. The van der Waals surface area contributed by atoms with E-state index >= 15 is 0 Å². The lowest BCUT2D eigenvalue weighted by Gasteiger charge is -2.10. The number of hydrogen-bond acceptors (Lipinski definition) is 3. The maximum absolute atomic E-state index is 8.64. The van der Waals surface area contributed by atoms with Crippen LogP contribution >= 0.6 is 28.1 Å². The van der Waals surface area contributed by atoms with Crippen LogP contribution in [0.5, 0.6) is 5.75 Å². The summed E-state index contributed by atoms with van der Waals surface area (Å²) in [6, 6.07) is 5.55. The van der Waals surface area contributed by atoms with Crippen LogP contribution in [0.4, 0.5) is 0 Å². The van der Waals surface area contributed by atoms with Crippen LogP contribution in [0.25, 0.3) is 0 Å². The normalized spacial score (nSPS) is 10.1. The number of nitrogens with two attached hydrogens (primary N) is 1. The summed E-state index contributed by atoms with van der Waals surface area (Å²) in [5, 5.41) is 8.64. The number of benzene rings is 1. The van der Waals surface area contributed by atoms with Gasteiger partial charge in [-0.3, -0.25) is 0 Å². The van der Waals surface area contributed by atoms with E-state index in [2.05, 4.69) is 15.9 Å². The molecule has 0 spiro atoms. The van der Waals surface area contributed by atoms with Gasteiger partial charge < -0.3 is 15.6 Å². The summed E-state index contributed by atoms with van der Waals surface area (Å²) in [7, 11) is 0. The molecule has 0 unspecified atom stereocenters. The van der Waals surface area contributed by atoms with Crippen molar-refractivity contribution >= 4 is 33.1 Å². The molecule has 0 saturated heterocycles. The molecule has 5 heteroatoms. The van der Waals surface area contributed by atoms with E-state index in [4.69, 9.17) is 27.8 Å². The van der Waals surface area contributed by atoms with Crippen molar-refractivity contribution in [2.45, 2.75) is 12.8 Å². The molecule has 1 aromatic carbocycles. The van der Waals surface area contributed by atoms with Crippen molar-refractivity contribution in [1.29, 1.82) is 0 Å². The number of halogens is 1. The van der Waals surface area contributed by atoms with Gasteiger partial charge in [0.1, 0.15) is 10.7 Å². The summed E-state index contributed by atoms with van der Waals surface area (Å²) in [4.78, 5) is 0.318. The predicted molar refractivity (Wildman–Crippen MR) is 71.8 cm³/mol. The monoisotopic (exact) mass is 303 g/mol. The number of thiocarbonyl (C=S) groups is 1. The number of aliphatic hydroxyl groups is 1. The molecule has 0 atom stereocenters. The van der Waals surface area contributed by atoms with Gasteiger partial charge in [0.15, 0.2) is 0 Å². The van der Waals surface area contributed by atoms with Gasteiger partial charge in [0.2, 0.25) is 0 Å². The Morgan fingerprint density at radius 3 is 2.81 bits per heavy atom. The van der Waals surface area contributed by atoms with Gasteiger partial charge >= 0.3 is 0 Å². The zero-order valence-corrected chi connectivity index (χ0v) is 11.2. The van der Waals surface area contributed by atoms with Gasteiger partial charge in [0.05, 0.1) is 12.2 Å². The van der Waals surface area contributed by atoms with Crippen molar-refractivity contribution in [3.63, 3.8) is 0 Å². The molecule has 0 fully saturated rings. The van der Waals surface area contributed by atoms with Gasteiger partial charge in [-0.1, -0.05) is 28.1 Å². The number of hydrogen-bond donors (Lipinski definition) is 2. The van der Waals surface area contributed by atoms with Crippen LogP contribution < -0.4 is 10.5 Å². The Balaban J connectivity index is 2.67. The fourth-order valence-electron chi connectivity index (χ4n) is 1.22. The van der Waals surface area contributed by atoms with E-state index in [1.165, 1.54) is 0 Å². The molecule has 1 aromatic rings. The minimum absolute atomic E-state index is 0.186. The first-order chi connectivity index (χ1) is 7.65. The minimum atomic E-state index is 0.186. The van der Waals surface area contributed by atoms with Crippen molar-refractivity contribution in [2.75, 3.05) is 13.2 Å². The molecule has 0 saturated carbocycles. The third kappa shape index (κ3) is 4.08. The lowest BCUT2D eigenvalue weighted by Crippen LogP contribution is -2.12. The van der Waals surface area contributed by atoms with Crippen molar-refractivity contribution in [3.8, 4) is 5.75 Å². The summed E-state index contributed by atoms with van der Waals surface area (Å²) < 4.78 is 6.47. The zero-order valence-electron chi connectivity index (χ0n) is 8.78. The highest BCUT2D eigenvalue weighted by atomic mass is 79.9. The Labute approximate surface area is 109 Å². The van der Waals surface area contributed by atoms with Gasteiger partial charge in [-0.05, 0) is 31.0 Å². The lowest BCUT2D eigenvalue weighted by atomic mass is 10.2. The van der Waals surface area contributed by atoms with Crippen LogP contribution in [-0.2, 0) is 0 Å². The Morgan fingerprint density at radius 1 is 1.44 bits per heavy atom. The molecule has 0 aliphatic heterocycles. The number of aliphatic hydroxyl groups excluding tert-OH is 1. The molecule has 0 bridgehead atoms. The van der Waals surface area contributed by atoms with Crippen molar-refractivity contribution < 1.29 is 9.84 Å². The van der Waals surface area contributed by atoms with Crippen LogP contribution in [0.2, 0.25) is 0 Å². The summed E-state index contributed by atoms with van der Waals surface area (Å²) in [6.45, 7) is 0.740. The van der Waals surface area contributed by atoms with Gasteiger partial charge in [-0.2, -0.15) is 0 Å². The molecule has 3 nitrogen and oxygen atoms in total. The van der Waals surface area contributed by atoms with E-state index in [0.29, 0.717) is 17.3 Å². The van der Waals surface area contributed by atoms with Gasteiger partial charge in [-0.25, -0.2) is 0 Å². The molecule has 0 aliphatic rings. The molecule has 0 aliphatic carbocycles. The quantitative estimate of drug-likeness (QED) is 0.625. The molecule has 0 aromatic heterocycles. The Morgan fingerprint density at radius 2 is 2.19 bits per heavy atom. The molecular formula is C11H14BrNO2S. The smallest absolute Gasteiger partial charge is 0.129 e. The largest absolute Gasteiger partial charge is 0.493 e. The molecule has 0 radical (unpaired) electrons. The standard InChI is InChI=1S/C11H14BrNO2S/c12-8-3-4-10(9(7-8)11(13)16)15-6-2-1-5-14/h3-4,7,14H,1-2,5-6H2,(H2,13,16). The van der Waals surface area contributed by atoms with Crippen molar-refractivity contribution in [1.82, 2.24) is 0 Å². The average molecular weight is 304 g/mol. The molecular weight excluding hydrogens is 290 g/mol. The molecule has 0 amide bonds. The number of ether oxygens (including phenoxy) is 1. The van der Waals surface area contributed by atoms with Crippen LogP contribution in [0.1, 0.15) is 18.4 Å². The molecule has 0 heterocycles. The van der Waals surface area contributed by atoms with E-state index in [0.717, 1.165) is 22.9 Å². The van der Waals surface area contributed by atoms with E-state index in [1.54, 1.807) is 0 Å². The van der Waals surface area contributed by atoms with Crippen LogP contribution in [-0.4, -0.2) is 23.3 Å². The van der Waals surface area contributed by atoms with Crippen molar-refractivity contribution in [3.05, 3.63) is 28.2 Å². The summed E-state index contributed by atoms with van der Waals surface area (Å²) in [5.74, 6) is 0.689. The molecule has 1 rings (SSSR count). The third-order valence-corrected chi connectivity index (χ3v) is 2.73. The second-order valence-corrected chi connectivity index (χ2v) is 4.64. The second kappa shape index (κ2) is 6.83. The number of unbranched alkanes of at least 4 members (excludes halogenated alkanes) is 1. The topological polar surface area (TPSA) is 55.5 Å². The number of rotatable bonds is 6. The zero-order chi connectivity index (χ0) is 12.0. The third-order valence-electron chi connectivity index (χ3n) is 2.02. The maximum Gasteiger partial charge on any atom is 0.129 e. The molecule has 3 N–H and O–H groups in total. The average Bonchev–Trinajstić information content (AvgIpc) is 2.26. The lowest BCUT2D eigenvalue weighted by molar-refractivity contribution is 0.253. The van der Waals surface area contributed by atoms with Crippen LogP contribution in [0, 0.1) is 0 Å². The van der Waals surface area contributed by atoms with E-state index in [1.807, 2.05) is 18.2 Å². The van der Waals surface area contributed by atoms with E-state index in [-0.39, 0.29) is 6.61 Å².